The van der Waals surface area contributed by atoms with Crippen LogP contribution >= 0.6 is 22.7 Å². The Bertz CT molecular complexity index is 1210. The fourth-order valence-electron chi connectivity index (χ4n) is 3.79. The quantitative estimate of drug-likeness (QED) is 0.414. The maximum atomic E-state index is 12.0. The molecule has 4 rings (SSSR count). The number of aromatic nitrogens is 3. The zero-order valence-corrected chi connectivity index (χ0v) is 24.4. The Hall–Kier alpha value is -3.05. The molecule has 0 spiro atoms. The van der Waals surface area contributed by atoms with Crippen LogP contribution in [0.3, 0.4) is 0 Å². The number of piperazine rings is 1. The van der Waals surface area contributed by atoms with E-state index in [0.29, 0.717) is 19.6 Å². The fraction of sp³-hybridized carbons (Fsp3) is 0.500. The number of carbonyl (C=O) groups is 2. The molecule has 0 aromatic carbocycles. The number of ether oxygens (including phenoxy) is 1. The van der Waals surface area contributed by atoms with Gasteiger partial charge in [-0.1, -0.05) is 6.07 Å². The van der Waals surface area contributed by atoms with E-state index >= 15 is 0 Å². The van der Waals surface area contributed by atoms with Crippen molar-refractivity contribution in [3.8, 4) is 10.6 Å². The molecule has 0 radical (unpaired) electrons. The summed E-state index contributed by atoms with van der Waals surface area (Å²) in [6, 6.07) is 3.99. The van der Waals surface area contributed by atoms with E-state index in [0.717, 1.165) is 44.2 Å². The molecule has 3 aromatic rings. The van der Waals surface area contributed by atoms with Crippen LogP contribution in [0.1, 0.15) is 50.9 Å². The third kappa shape index (κ3) is 7.96. The van der Waals surface area contributed by atoms with Gasteiger partial charge in [0.1, 0.15) is 11.4 Å². The van der Waals surface area contributed by atoms with Crippen molar-refractivity contribution < 1.29 is 14.3 Å². The molecule has 0 atom stereocenters. The average Bonchev–Trinajstić information content (AvgIpc) is 3.39. The van der Waals surface area contributed by atoms with Gasteiger partial charge in [0.05, 0.1) is 26.8 Å². The molecule has 1 N–H and O–H groups in total. The lowest BCUT2D eigenvalue weighted by molar-refractivity contribution is -0.122. The van der Waals surface area contributed by atoms with Crippen molar-refractivity contribution in [2.45, 2.75) is 66.5 Å². The number of thiazole rings is 2. The average molecular weight is 545 g/mol. The normalized spacial score (nSPS) is 15.0. The first kappa shape index (κ1) is 28.5. The molecule has 1 saturated heterocycles. The van der Waals surface area contributed by atoms with Crippen molar-refractivity contribution in [2.24, 2.45) is 0 Å². The topological polar surface area (TPSA) is 101 Å². The summed E-state index contributed by atoms with van der Waals surface area (Å²) in [4.78, 5) is 40.7. The van der Waals surface area contributed by atoms with Gasteiger partial charge >= 0.3 is 6.09 Å². The van der Waals surface area contributed by atoms with Crippen molar-refractivity contribution in [3.63, 3.8) is 0 Å². The Morgan fingerprint density at radius 1 is 1.16 bits per heavy atom. The number of nitrogens with zero attached hydrogens (tertiary/aromatic N) is 5. The molecule has 0 aliphatic carbocycles. The maximum absolute atomic E-state index is 12.0. The number of hydrogen-bond donors (Lipinski definition) is 1. The van der Waals surface area contributed by atoms with Crippen LogP contribution in [0.25, 0.3) is 10.6 Å². The molecule has 200 valence electrons. The van der Waals surface area contributed by atoms with Crippen molar-refractivity contribution in [3.05, 3.63) is 40.0 Å². The second-order valence-electron chi connectivity index (χ2n) is 10.6. The summed E-state index contributed by atoms with van der Waals surface area (Å²) in [5, 5.41) is 7.20. The van der Waals surface area contributed by atoms with Crippen molar-refractivity contribution in [2.75, 3.05) is 25.0 Å². The van der Waals surface area contributed by atoms with Crippen molar-refractivity contribution in [1.82, 2.24) is 24.8 Å². The summed E-state index contributed by atoms with van der Waals surface area (Å²) in [5.74, 6) is 0.814. The fourth-order valence-corrected chi connectivity index (χ4v) is 5.46. The first-order chi connectivity index (χ1) is 17.3. The summed E-state index contributed by atoms with van der Waals surface area (Å²) < 4.78 is 5.36. The predicted octanol–water partition coefficient (Wildman–Crippen LogP) is 5.80. The van der Waals surface area contributed by atoms with Crippen molar-refractivity contribution >= 4 is 46.1 Å². The van der Waals surface area contributed by atoms with Crippen LogP contribution in [0.2, 0.25) is 0 Å². The van der Waals surface area contributed by atoms with E-state index in [1.165, 1.54) is 0 Å². The van der Waals surface area contributed by atoms with Gasteiger partial charge in [0, 0.05) is 31.2 Å². The molecule has 1 aliphatic heterocycles. The number of nitrogens with one attached hydrogen (secondary N) is 1. The number of amides is 2. The van der Waals surface area contributed by atoms with Gasteiger partial charge in [-0.15, -0.1) is 22.7 Å². The lowest BCUT2D eigenvalue weighted by atomic mass is 10.00. The molecule has 0 saturated carbocycles. The highest BCUT2D eigenvalue weighted by molar-refractivity contribution is 7.16. The molecule has 4 heterocycles. The summed E-state index contributed by atoms with van der Waals surface area (Å²) in [5.41, 5.74) is 2.29. The molecule has 1 fully saturated rings. The first-order valence-electron chi connectivity index (χ1n) is 12.1. The third-order valence-corrected chi connectivity index (χ3v) is 7.33. The van der Waals surface area contributed by atoms with Gasteiger partial charge in [0.2, 0.25) is 6.41 Å². The molecule has 2 amide bonds. The molecular formula is C26H36N6O3S2. The zero-order valence-electron chi connectivity index (χ0n) is 22.8. The van der Waals surface area contributed by atoms with E-state index in [2.05, 4.69) is 25.6 Å². The third-order valence-electron chi connectivity index (χ3n) is 5.48. The van der Waals surface area contributed by atoms with Crippen LogP contribution in [-0.2, 0) is 9.53 Å². The molecule has 1 aliphatic rings. The molecule has 9 nitrogen and oxygen atoms in total. The van der Waals surface area contributed by atoms with Crippen LogP contribution < -0.4 is 5.32 Å². The van der Waals surface area contributed by atoms with Gasteiger partial charge in [0.15, 0.2) is 5.13 Å². The van der Waals surface area contributed by atoms with Gasteiger partial charge in [-0.25, -0.2) is 19.7 Å². The van der Waals surface area contributed by atoms with E-state index in [1.807, 2.05) is 73.7 Å². The Labute approximate surface area is 226 Å². The lowest BCUT2D eigenvalue weighted by Gasteiger charge is -2.45. The van der Waals surface area contributed by atoms with Crippen LogP contribution in [0.5, 0.6) is 0 Å². The minimum absolute atomic E-state index is 0.312. The van der Waals surface area contributed by atoms with Crippen LogP contribution in [-0.4, -0.2) is 68.0 Å². The number of aryl methyl sites for hydroxylation is 3. The highest BCUT2D eigenvalue weighted by Gasteiger charge is 2.38. The van der Waals surface area contributed by atoms with E-state index in [1.54, 1.807) is 32.5 Å². The molecular weight excluding hydrogens is 508 g/mol. The Morgan fingerprint density at radius 2 is 1.89 bits per heavy atom. The second-order valence-corrected chi connectivity index (χ2v) is 12.6. The summed E-state index contributed by atoms with van der Waals surface area (Å²) in [6.45, 7) is 17.1. The number of rotatable bonds is 4. The van der Waals surface area contributed by atoms with Gasteiger partial charge < -0.3 is 15.0 Å². The number of carbonyl (C=O) groups excluding carboxylic acids is 2. The highest BCUT2D eigenvalue weighted by atomic mass is 32.1. The first-order valence-corrected chi connectivity index (χ1v) is 13.8. The van der Waals surface area contributed by atoms with Gasteiger partial charge in [-0.05, 0) is 67.0 Å². The van der Waals surface area contributed by atoms with E-state index in [9.17, 15) is 9.59 Å². The van der Waals surface area contributed by atoms with Crippen LogP contribution in [0, 0.1) is 20.8 Å². The second kappa shape index (κ2) is 11.6. The number of anilines is 2. The standard InChI is InChI=1S/C14H14N4S2.C12H22N2O3/c1-8-4-5-12(15-6-8)18-14-17-11(7-19-14)13-9(2)16-10(3)20-13;1-11(2,3)17-10(16)14-7-6-13(9-15)8-12(14,4)5/h4-7H,1-3H3,(H,15,17,18);9H,6-8H2,1-5H3. The molecule has 11 heteroatoms. The minimum Gasteiger partial charge on any atom is -0.444 e. The number of pyridine rings is 1. The van der Waals surface area contributed by atoms with E-state index in [-0.39, 0.29) is 11.6 Å². The Balaban J connectivity index is 0.000000209. The van der Waals surface area contributed by atoms with Gasteiger partial charge in [0.25, 0.3) is 0 Å². The SMILES string of the molecule is CC(C)(C)OC(=O)N1CCN(C=O)CC1(C)C.Cc1ccc(Nc2nc(-c3sc(C)nc3C)cs2)nc1. The number of hydrogen-bond acceptors (Lipinski definition) is 9. The summed E-state index contributed by atoms with van der Waals surface area (Å²) in [6.07, 6.45) is 2.36. The van der Waals surface area contributed by atoms with Crippen LogP contribution in [0.4, 0.5) is 15.7 Å². The van der Waals surface area contributed by atoms with E-state index < -0.39 is 5.60 Å². The van der Waals surface area contributed by atoms with Gasteiger partial charge in [-0.2, -0.15) is 0 Å². The predicted molar refractivity (Wildman–Crippen MR) is 150 cm³/mol. The minimum atomic E-state index is -0.491. The van der Waals surface area contributed by atoms with Gasteiger partial charge in [-0.3, -0.25) is 9.69 Å². The monoisotopic (exact) mass is 544 g/mol. The van der Waals surface area contributed by atoms with Crippen molar-refractivity contribution in [1.29, 1.82) is 0 Å². The lowest BCUT2D eigenvalue weighted by Crippen LogP contribution is -2.61. The van der Waals surface area contributed by atoms with E-state index in [4.69, 9.17) is 4.74 Å². The molecule has 0 bridgehead atoms. The maximum Gasteiger partial charge on any atom is 0.410 e. The zero-order chi connectivity index (χ0) is 27.4. The smallest absolute Gasteiger partial charge is 0.410 e. The summed E-state index contributed by atoms with van der Waals surface area (Å²) >= 11 is 3.26. The Kier molecular flexibility index (Phi) is 8.91. The molecule has 0 unspecified atom stereocenters. The largest absolute Gasteiger partial charge is 0.444 e. The molecule has 3 aromatic heterocycles. The molecule has 37 heavy (non-hydrogen) atoms. The Morgan fingerprint density at radius 3 is 2.43 bits per heavy atom. The summed E-state index contributed by atoms with van der Waals surface area (Å²) in [7, 11) is 0. The van der Waals surface area contributed by atoms with Crippen LogP contribution in [0.15, 0.2) is 23.7 Å². The highest BCUT2D eigenvalue weighted by Crippen LogP contribution is 2.32.